The molecule has 0 bridgehead atoms. The van der Waals surface area contributed by atoms with E-state index in [0.29, 0.717) is 23.9 Å². The Bertz CT molecular complexity index is 647. The van der Waals surface area contributed by atoms with E-state index in [1.54, 1.807) is 18.2 Å². The van der Waals surface area contributed by atoms with Crippen molar-refractivity contribution in [1.82, 2.24) is 0 Å². The number of nitrogens with zero attached hydrogens (tertiary/aromatic N) is 1. The van der Waals surface area contributed by atoms with Crippen molar-refractivity contribution in [3.8, 4) is 5.75 Å². The number of benzene rings is 2. The van der Waals surface area contributed by atoms with Gasteiger partial charge in [-0.3, -0.25) is 10.1 Å². The van der Waals surface area contributed by atoms with Crippen molar-refractivity contribution in [2.45, 2.75) is 11.8 Å². The molecule has 2 rings (SSSR count). The van der Waals surface area contributed by atoms with Gasteiger partial charge in [0.05, 0.1) is 16.0 Å². The maximum atomic E-state index is 11.0. The summed E-state index contributed by atoms with van der Waals surface area (Å²) in [4.78, 5) is 10.6. The third-order valence-electron chi connectivity index (χ3n) is 3.00. The van der Waals surface area contributed by atoms with Gasteiger partial charge >= 0.3 is 0 Å². The van der Waals surface area contributed by atoms with Crippen LogP contribution in [0.4, 0.5) is 5.69 Å². The van der Waals surface area contributed by atoms with Gasteiger partial charge in [-0.25, -0.2) is 0 Å². The standard InChI is InChI=1S/C15H13Br2NO3/c16-10-12-5-3-6-13(17)15(12)21-9-8-11-4-1-2-7-14(11)18(19)20/h1-7H,8-10H2. The molecule has 0 aliphatic carbocycles. The van der Waals surface area contributed by atoms with Crippen LogP contribution in [0.15, 0.2) is 46.9 Å². The van der Waals surface area contributed by atoms with E-state index < -0.39 is 0 Å². The van der Waals surface area contributed by atoms with E-state index in [1.807, 2.05) is 18.2 Å². The lowest BCUT2D eigenvalue weighted by Gasteiger charge is -2.12. The summed E-state index contributed by atoms with van der Waals surface area (Å²) in [6.07, 6.45) is 0.486. The largest absolute Gasteiger partial charge is 0.492 e. The summed E-state index contributed by atoms with van der Waals surface area (Å²) in [7, 11) is 0. The smallest absolute Gasteiger partial charge is 0.272 e. The molecule has 110 valence electrons. The molecule has 0 atom stereocenters. The fourth-order valence-electron chi connectivity index (χ4n) is 1.98. The average Bonchev–Trinajstić information content (AvgIpc) is 2.49. The lowest BCUT2D eigenvalue weighted by Crippen LogP contribution is -2.05. The number of rotatable bonds is 6. The van der Waals surface area contributed by atoms with Crippen LogP contribution in [0.5, 0.6) is 5.75 Å². The van der Waals surface area contributed by atoms with Gasteiger partial charge in [0.25, 0.3) is 5.69 Å². The van der Waals surface area contributed by atoms with Gasteiger partial charge in [0.2, 0.25) is 0 Å². The number of nitro benzene ring substituents is 1. The van der Waals surface area contributed by atoms with Crippen molar-refractivity contribution in [3.05, 3.63) is 68.2 Å². The average molecular weight is 415 g/mol. The Balaban J connectivity index is 2.07. The number of para-hydroxylation sites is 2. The van der Waals surface area contributed by atoms with Gasteiger partial charge in [-0.05, 0) is 22.0 Å². The lowest BCUT2D eigenvalue weighted by molar-refractivity contribution is -0.385. The normalized spacial score (nSPS) is 10.4. The predicted molar refractivity (Wildman–Crippen MR) is 89.1 cm³/mol. The molecular formula is C15H13Br2NO3. The highest BCUT2D eigenvalue weighted by molar-refractivity contribution is 9.10. The Morgan fingerprint density at radius 3 is 2.52 bits per heavy atom. The lowest BCUT2D eigenvalue weighted by atomic mass is 10.1. The Morgan fingerprint density at radius 2 is 1.81 bits per heavy atom. The molecule has 0 aliphatic rings. The van der Waals surface area contributed by atoms with Gasteiger partial charge in [-0.2, -0.15) is 0 Å². The van der Waals surface area contributed by atoms with Crippen molar-refractivity contribution >= 4 is 37.5 Å². The minimum atomic E-state index is -0.363. The maximum Gasteiger partial charge on any atom is 0.272 e. The summed E-state index contributed by atoms with van der Waals surface area (Å²) >= 11 is 6.88. The van der Waals surface area contributed by atoms with Gasteiger partial charge in [0, 0.05) is 28.9 Å². The number of nitro groups is 1. The summed E-state index contributed by atoms with van der Waals surface area (Å²) in [6.45, 7) is 0.382. The Morgan fingerprint density at radius 1 is 1.10 bits per heavy atom. The van der Waals surface area contributed by atoms with E-state index in [4.69, 9.17) is 4.74 Å². The quantitative estimate of drug-likeness (QED) is 0.384. The van der Waals surface area contributed by atoms with Crippen molar-refractivity contribution < 1.29 is 9.66 Å². The molecule has 6 heteroatoms. The summed E-state index contributed by atoms with van der Waals surface area (Å²) < 4.78 is 6.67. The Hall–Kier alpha value is -1.40. The van der Waals surface area contributed by atoms with Crippen LogP contribution < -0.4 is 4.74 Å². The van der Waals surface area contributed by atoms with Crippen LogP contribution in [0.25, 0.3) is 0 Å². The van der Waals surface area contributed by atoms with E-state index in [2.05, 4.69) is 31.9 Å². The SMILES string of the molecule is O=[N+]([O-])c1ccccc1CCOc1c(Br)cccc1CBr. The number of alkyl halides is 1. The second kappa shape index (κ2) is 7.56. The zero-order chi connectivity index (χ0) is 15.2. The molecule has 0 radical (unpaired) electrons. The zero-order valence-corrected chi connectivity index (χ0v) is 14.3. The van der Waals surface area contributed by atoms with Crippen LogP contribution in [-0.2, 0) is 11.8 Å². The molecule has 2 aromatic rings. The molecule has 0 aliphatic heterocycles. The Labute approximate surface area is 139 Å². The van der Waals surface area contributed by atoms with Crippen LogP contribution >= 0.6 is 31.9 Å². The fourth-order valence-corrected chi connectivity index (χ4v) is 2.95. The molecule has 0 N–H and O–H groups in total. The summed E-state index contributed by atoms with van der Waals surface area (Å²) in [5.74, 6) is 0.771. The van der Waals surface area contributed by atoms with Gasteiger partial charge < -0.3 is 4.74 Å². The second-order valence-electron chi connectivity index (χ2n) is 4.35. The zero-order valence-electron chi connectivity index (χ0n) is 11.1. The van der Waals surface area contributed by atoms with E-state index in [0.717, 1.165) is 15.8 Å². The minimum Gasteiger partial charge on any atom is -0.492 e. The minimum absolute atomic E-state index is 0.133. The second-order valence-corrected chi connectivity index (χ2v) is 5.76. The molecule has 0 spiro atoms. The highest BCUT2D eigenvalue weighted by Gasteiger charge is 2.13. The molecule has 0 unspecified atom stereocenters. The van der Waals surface area contributed by atoms with Crippen LogP contribution in [0.2, 0.25) is 0 Å². The van der Waals surface area contributed by atoms with Crippen LogP contribution in [0.3, 0.4) is 0 Å². The van der Waals surface area contributed by atoms with Gasteiger partial charge in [-0.15, -0.1) is 0 Å². The first-order valence-corrected chi connectivity index (χ1v) is 8.23. The molecule has 0 saturated carbocycles. The molecule has 2 aromatic carbocycles. The molecule has 21 heavy (non-hydrogen) atoms. The molecule has 0 fully saturated rings. The molecule has 0 saturated heterocycles. The predicted octanol–water partition coefficient (Wildman–Crippen LogP) is 4.87. The number of ether oxygens (including phenoxy) is 1. The first kappa shape index (κ1) is 16.0. The fraction of sp³-hybridized carbons (Fsp3) is 0.200. The molecule has 4 nitrogen and oxygen atoms in total. The first-order valence-electron chi connectivity index (χ1n) is 6.32. The number of hydrogen-bond acceptors (Lipinski definition) is 3. The summed E-state index contributed by atoms with van der Waals surface area (Å²) in [6, 6.07) is 12.6. The van der Waals surface area contributed by atoms with Crippen LogP contribution in [0.1, 0.15) is 11.1 Å². The monoisotopic (exact) mass is 413 g/mol. The van der Waals surface area contributed by atoms with Gasteiger partial charge in [0.15, 0.2) is 0 Å². The highest BCUT2D eigenvalue weighted by Crippen LogP contribution is 2.30. The van der Waals surface area contributed by atoms with Gasteiger partial charge in [-0.1, -0.05) is 46.3 Å². The highest BCUT2D eigenvalue weighted by atomic mass is 79.9. The number of halogens is 2. The van der Waals surface area contributed by atoms with Crippen molar-refractivity contribution in [2.75, 3.05) is 6.61 Å². The molecule has 0 heterocycles. The third kappa shape index (κ3) is 4.04. The first-order chi connectivity index (χ1) is 10.1. The molecule has 0 amide bonds. The van der Waals surface area contributed by atoms with E-state index in [9.17, 15) is 10.1 Å². The van der Waals surface area contributed by atoms with Crippen molar-refractivity contribution in [1.29, 1.82) is 0 Å². The third-order valence-corrected chi connectivity index (χ3v) is 4.23. The van der Waals surface area contributed by atoms with Crippen LogP contribution in [-0.4, -0.2) is 11.5 Å². The van der Waals surface area contributed by atoms with E-state index in [-0.39, 0.29) is 10.6 Å². The molecular weight excluding hydrogens is 402 g/mol. The Kier molecular flexibility index (Phi) is 5.76. The number of hydrogen-bond donors (Lipinski definition) is 0. The molecule has 0 aromatic heterocycles. The van der Waals surface area contributed by atoms with Crippen molar-refractivity contribution in [3.63, 3.8) is 0 Å². The van der Waals surface area contributed by atoms with Crippen LogP contribution in [0, 0.1) is 10.1 Å². The summed E-state index contributed by atoms with van der Waals surface area (Å²) in [5.41, 5.74) is 1.84. The maximum absolute atomic E-state index is 11.0. The van der Waals surface area contributed by atoms with Gasteiger partial charge in [0.1, 0.15) is 5.75 Å². The van der Waals surface area contributed by atoms with E-state index >= 15 is 0 Å². The van der Waals surface area contributed by atoms with E-state index in [1.165, 1.54) is 6.07 Å². The topological polar surface area (TPSA) is 52.4 Å². The van der Waals surface area contributed by atoms with Crippen molar-refractivity contribution in [2.24, 2.45) is 0 Å². The summed E-state index contributed by atoms with van der Waals surface area (Å²) in [5, 5.41) is 11.6.